The number of aromatic nitrogens is 3. The number of rotatable bonds is 5. The Balaban J connectivity index is 1.24. The molecule has 8 heteroatoms. The molecule has 30 heavy (non-hydrogen) atoms. The van der Waals surface area contributed by atoms with E-state index >= 15 is 0 Å². The molecule has 0 saturated carbocycles. The number of amides is 1. The second-order valence-corrected chi connectivity index (χ2v) is 9.12. The summed E-state index contributed by atoms with van der Waals surface area (Å²) in [5.41, 5.74) is 1.83. The number of anilines is 2. The molecule has 3 aromatic heterocycles. The average Bonchev–Trinajstić information content (AvgIpc) is 3.42. The average molecular weight is 424 g/mol. The van der Waals surface area contributed by atoms with E-state index < -0.39 is 0 Å². The van der Waals surface area contributed by atoms with Crippen LogP contribution in [0, 0.1) is 0 Å². The Morgan fingerprint density at radius 1 is 1.10 bits per heavy atom. The first-order valence-corrected chi connectivity index (χ1v) is 11.5. The van der Waals surface area contributed by atoms with E-state index in [9.17, 15) is 9.59 Å². The standard InChI is InChI=1S/C22H25N5O2S/c28-19(25-15-7-8-18(23-13-15)26-10-3-4-11-26)9-12-27-14-24-21-20(22(27)29)16-5-1-2-6-17(16)30-21/h7-8,13-14H,1-6,9-12H2,(H,25,28). The summed E-state index contributed by atoms with van der Waals surface area (Å²) in [4.78, 5) is 38.7. The summed E-state index contributed by atoms with van der Waals surface area (Å²) >= 11 is 1.64. The first-order chi connectivity index (χ1) is 14.7. The zero-order valence-corrected chi connectivity index (χ0v) is 17.7. The van der Waals surface area contributed by atoms with Gasteiger partial charge in [0, 0.05) is 30.9 Å². The lowest BCUT2D eigenvalue weighted by atomic mass is 9.97. The van der Waals surface area contributed by atoms with E-state index in [0.29, 0.717) is 12.2 Å². The number of thiophene rings is 1. The number of aryl methyl sites for hydroxylation is 3. The van der Waals surface area contributed by atoms with Crippen LogP contribution in [-0.2, 0) is 24.2 Å². The molecular formula is C22H25N5O2S. The van der Waals surface area contributed by atoms with E-state index in [1.165, 1.54) is 29.7 Å². The van der Waals surface area contributed by atoms with Crippen molar-refractivity contribution in [2.45, 2.75) is 51.5 Å². The maximum atomic E-state index is 13.0. The Morgan fingerprint density at radius 3 is 2.73 bits per heavy atom. The van der Waals surface area contributed by atoms with Crippen molar-refractivity contribution in [3.63, 3.8) is 0 Å². The lowest BCUT2D eigenvalue weighted by molar-refractivity contribution is -0.116. The number of nitrogens with one attached hydrogen (secondary N) is 1. The minimum absolute atomic E-state index is 0.0242. The van der Waals surface area contributed by atoms with Gasteiger partial charge in [0.05, 0.1) is 23.6 Å². The molecule has 1 amide bonds. The van der Waals surface area contributed by atoms with Crippen LogP contribution in [0.2, 0.25) is 0 Å². The molecule has 1 saturated heterocycles. The van der Waals surface area contributed by atoms with E-state index in [0.717, 1.165) is 48.4 Å². The molecule has 7 nitrogen and oxygen atoms in total. The van der Waals surface area contributed by atoms with Crippen molar-refractivity contribution in [1.29, 1.82) is 0 Å². The number of hydrogen-bond donors (Lipinski definition) is 1. The van der Waals surface area contributed by atoms with Crippen molar-refractivity contribution in [3.05, 3.63) is 45.5 Å². The molecule has 156 valence electrons. The van der Waals surface area contributed by atoms with Crippen molar-refractivity contribution < 1.29 is 4.79 Å². The Morgan fingerprint density at radius 2 is 1.93 bits per heavy atom. The van der Waals surface area contributed by atoms with E-state index in [1.54, 1.807) is 28.4 Å². The van der Waals surface area contributed by atoms with Crippen LogP contribution in [0.1, 0.15) is 42.5 Å². The Kier molecular flexibility index (Phi) is 5.25. The van der Waals surface area contributed by atoms with Crippen LogP contribution in [0.4, 0.5) is 11.5 Å². The Hall–Kier alpha value is -2.74. The van der Waals surface area contributed by atoms with Crippen molar-refractivity contribution in [1.82, 2.24) is 14.5 Å². The Labute approximate surface area is 178 Å². The van der Waals surface area contributed by atoms with Gasteiger partial charge in [-0.15, -0.1) is 11.3 Å². The van der Waals surface area contributed by atoms with Crippen LogP contribution in [0.15, 0.2) is 29.5 Å². The molecule has 0 aromatic carbocycles. The summed E-state index contributed by atoms with van der Waals surface area (Å²) < 4.78 is 1.57. The fourth-order valence-corrected chi connectivity index (χ4v) is 5.60. The van der Waals surface area contributed by atoms with Gasteiger partial charge in [-0.05, 0) is 56.2 Å². The molecule has 4 heterocycles. The molecule has 0 radical (unpaired) electrons. The molecule has 0 atom stereocenters. The number of carbonyl (C=O) groups is 1. The lowest BCUT2D eigenvalue weighted by Crippen LogP contribution is -2.24. The van der Waals surface area contributed by atoms with E-state index in [-0.39, 0.29) is 17.9 Å². The molecule has 1 aliphatic heterocycles. The molecule has 1 N–H and O–H groups in total. The van der Waals surface area contributed by atoms with Gasteiger partial charge in [-0.1, -0.05) is 0 Å². The second-order valence-electron chi connectivity index (χ2n) is 8.03. The normalized spacial score (nSPS) is 16.1. The van der Waals surface area contributed by atoms with E-state index in [4.69, 9.17) is 0 Å². The SMILES string of the molecule is O=C(CCn1cnc2sc3c(c2c1=O)CCCC3)Nc1ccc(N2CCCC2)nc1. The van der Waals surface area contributed by atoms with Gasteiger partial charge in [0.1, 0.15) is 10.6 Å². The van der Waals surface area contributed by atoms with E-state index in [1.807, 2.05) is 12.1 Å². The van der Waals surface area contributed by atoms with Crippen LogP contribution in [0.25, 0.3) is 10.2 Å². The van der Waals surface area contributed by atoms with Crippen LogP contribution >= 0.6 is 11.3 Å². The predicted molar refractivity (Wildman–Crippen MR) is 119 cm³/mol. The van der Waals surface area contributed by atoms with Crippen molar-refractivity contribution in [2.24, 2.45) is 0 Å². The number of fused-ring (bicyclic) bond motifs is 3. The molecule has 0 spiro atoms. The highest BCUT2D eigenvalue weighted by molar-refractivity contribution is 7.18. The van der Waals surface area contributed by atoms with Gasteiger partial charge in [0.15, 0.2) is 0 Å². The van der Waals surface area contributed by atoms with Gasteiger partial charge in [-0.3, -0.25) is 14.2 Å². The predicted octanol–water partition coefficient (Wildman–Crippen LogP) is 3.36. The van der Waals surface area contributed by atoms with Crippen molar-refractivity contribution in [2.75, 3.05) is 23.3 Å². The highest BCUT2D eigenvalue weighted by Crippen LogP contribution is 2.33. The van der Waals surface area contributed by atoms with Crippen LogP contribution < -0.4 is 15.8 Å². The summed E-state index contributed by atoms with van der Waals surface area (Å²) in [5, 5.41) is 3.64. The monoisotopic (exact) mass is 423 g/mol. The van der Waals surface area contributed by atoms with Crippen LogP contribution in [0.5, 0.6) is 0 Å². The maximum Gasteiger partial charge on any atom is 0.262 e. The first-order valence-electron chi connectivity index (χ1n) is 10.7. The van der Waals surface area contributed by atoms with Gasteiger partial charge in [0.2, 0.25) is 5.91 Å². The molecule has 0 unspecified atom stereocenters. The van der Waals surface area contributed by atoms with Gasteiger partial charge in [-0.2, -0.15) is 0 Å². The largest absolute Gasteiger partial charge is 0.357 e. The summed E-state index contributed by atoms with van der Waals surface area (Å²) in [6.45, 7) is 2.40. The number of nitrogens with zero attached hydrogens (tertiary/aromatic N) is 4. The van der Waals surface area contributed by atoms with Gasteiger partial charge in [0.25, 0.3) is 5.56 Å². The molecule has 5 rings (SSSR count). The van der Waals surface area contributed by atoms with E-state index in [2.05, 4.69) is 20.2 Å². The molecule has 0 bridgehead atoms. The second kappa shape index (κ2) is 8.18. The molecule has 3 aromatic rings. The van der Waals surface area contributed by atoms with Crippen molar-refractivity contribution >= 4 is 39.0 Å². The third-order valence-electron chi connectivity index (χ3n) is 5.98. The van der Waals surface area contributed by atoms with Crippen molar-refractivity contribution in [3.8, 4) is 0 Å². The maximum absolute atomic E-state index is 13.0. The molecule has 1 fully saturated rings. The zero-order valence-electron chi connectivity index (χ0n) is 16.9. The summed E-state index contributed by atoms with van der Waals surface area (Å²) in [6.07, 6.45) is 10.2. The summed E-state index contributed by atoms with van der Waals surface area (Å²) in [5.74, 6) is 0.820. The molecular weight excluding hydrogens is 398 g/mol. The number of carbonyl (C=O) groups excluding carboxylic acids is 1. The molecule has 2 aliphatic rings. The number of pyridine rings is 1. The summed E-state index contributed by atoms with van der Waals surface area (Å²) in [7, 11) is 0. The molecule has 1 aliphatic carbocycles. The van der Waals surface area contributed by atoms with Gasteiger partial charge in [-0.25, -0.2) is 9.97 Å². The quantitative estimate of drug-likeness (QED) is 0.681. The van der Waals surface area contributed by atoms with Crippen LogP contribution in [-0.4, -0.2) is 33.5 Å². The lowest BCUT2D eigenvalue weighted by Gasteiger charge is -2.16. The third-order valence-corrected chi connectivity index (χ3v) is 7.18. The number of hydrogen-bond acceptors (Lipinski definition) is 6. The van der Waals surface area contributed by atoms with Gasteiger partial charge < -0.3 is 10.2 Å². The first kappa shape index (κ1) is 19.2. The van der Waals surface area contributed by atoms with Crippen LogP contribution in [0.3, 0.4) is 0 Å². The van der Waals surface area contributed by atoms with Gasteiger partial charge >= 0.3 is 0 Å². The highest BCUT2D eigenvalue weighted by Gasteiger charge is 2.20. The summed E-state index contributed by atoms with van der Waals surface area (Å²) in [6, 6.07) is 3.83. The smallest absolute Gasteiger partial charge is 0.262 e. The third kappa shape index (κ3) is 3.71. The highest BCUT2D eigenvalue weighted by atomic mass is 32.1. The topological polar surface area (TPSA) is 80.1 Å². The zero-order chi connectivity index (χ0) is 20.5. The fourth-order valence-electron chi connectivity index (χ4n) is 4.38. The Bertz CT molecular complexity index is 1130. The minimum atomic E-state index is -0.134. The minimum Gasteiger partial charge on any atom is -0.357 e. The fraction of sp³-hybridized carbons (Fsp3) is 0.455.